The number of pyridine rings is 1. The first-order chi connectivity index (χ1) is 10.0. The zero-order valence-electron chi connectivity index (χ0n) is 11.5. The maximum atomic E-state index is 11.4. The molecule has 4 nitrogen and oxygen atoms in total. The minimum Gasteiger partial charge on any atom is -0.457 e. The molecule has 5 heteroatoms. The van der Waals surface area contributed by atoms with Crippen molar-refractivity contribution in [3.05, 3.63) is 63.2 Å². The lowest BCUT2D eigenvalue weighted by Gasteiger charge is -2.09. The van der Waals surface area contributed by atoms with E-state index in [4.69, 9.17) is 20.8 Å². The fraction of sp³-hybridized carbons (Fsp3) is 0.125. The first-order valence-electron chi connectivity index (χ1n) is 6.37. The normalized spacial score (nSPS) is 10.8. The van der Waals surface area contributed by atoms with Crippen molar-refractivity contribution in [3.63, 3.8) is 0 Å². The van der Waals surface area contributed by atoms with E-state index in [1.54, 1.807) is 18.3 Å². The van der Waals surface area contributed by atoms with Crippen LogP contribution in [0.15, 0.2) is 45.7 Å². The number of nitrogens with zero attached hydrogens (tertiary/aromatic N) is 1. The van der Waals surface area contributed by atoms with Crippen LogP contribution in [0.25, 0.3) is 11.0 Å². The average molecular weight is 302 g/mol. The third-order valence-electron chi connectivity index (χ3n) is 3.17. The quantitative estimate of drug-likeness (QED) is 0.524. The Morgan fingerprint density at radius 1 is 1.14 bits per heavy atom. The van der Waals surface area contributed by atoms with Gasteiger partial charge in [-0.1, -0.05) is 11.6 Å². The van der Waals surface area contributed by atoms with Gasteiger partial charge >= 0.3 is 5.63 Å². The van der Waals surface area contributed by atoms with Crippen molar-refractivity contribution in [3.8, 4) is 11.5 Å². The largest absolute Gasteiger partial charge is 0.457 e. The highest BCUT2D eigenvalue weighted by Gasteiger charge is 2.07. The molecule has 2 aromatic heterocycles. The van der Waals surface area contributed by atoms with Crippen LogP contribution in [0, 0.1) is 13.8 Å². The predicted molar refractivity (Wildman–Crippen MR) is 81.3 cm³/mol. The van der Waals surface area contributed by atoms with Crippen LogP contribution in [0.1, 0.15) is 11.1 Å². The van der Waals surface area contributed by atoms with Gasteiger partial charge in [-0.05, 0) is 31.5 Å². The third kappa shape index (κ3) is 2.76. The van der Waals surface area contributed by atoms with Gasteiger partial charge in [-0.3, -0.25) is 0 Å². The second kappa shape index (κ2) is 5.22. The van der Waals surface area contributed by atoms with E-state index in [0.717, 1.165) is 16.5 Å². The third-order valence-corrected chi connectivity index (χ3v) is 3.38. The summed E-state index contributed by atoms with van der Waals surface area (Å²) in [6.07, 6.45) is 1.64. The lowest BCUT2D eigenvalue weighted by Crippen LogP contribution is -1.98. The molecule has 0 atom stereocenters. The van der Waals surface area contributed by atoms with Crippen LogP contribution >= 0.6 is 11.6 Å². The van der Waals surface area contributed by atoms with Crippen LogP contribution < -0.4 is 10.4 Å². The first-order valence-corrected chi connectivity index (χ1v) is 6.75. The summed E-state index contributed by atoms with van der Waals surface area (Å²) in [5.74, 6) is 1.19. The predicted octanol–water partition coefficient (Wildman–Crippen LogP) is 4.25. The van der Waals surface area contributed by atoms with Gasteiger partial charge in [0, 0.05) is 35.3 Å². The Kier molecular flexibility index (Phi) is 3.39. The molecule has 0 amide bonds. The van der Waals surface area contributed by atoms with Crippen molar-refractivity contribution < 1.29 is 9.15 Å². The SMILES string of the molecule is Cc1cnc(Cl)cc1Oc1ccc2c(C)cc(=O)oc2c1. The van der Waals surface area contributed by atoms with Gasteiger partial charge in [-0.15, -0.1) is 0 Å². The summed E-state index contributed by atoms with van der Waals surface area (Å²) in [4.78, 5) is 15.4. The van der Waals surface area contributed by atoms with E-state index >= 15 is 0 Å². The molecule has 2 heterocycles. The second-order valence-corrected chi connectivity index (χ2v) is 5.17. The van der Waals surface area contributed by atoms with Crippen molar-refractivity contribution in [2.24, 2.45) is 0 Å². The van der Waals surface area contributed by atoms with Crippen molar-refractivity contribution in [2.75, 3.05) is 0 Å². The molecule has 106 valence electrons. The maximum absolute atomic E-state index is 11.4. The topological polar surface area (TPSA) is 52.3 Å². The van der Waals surface area contributed by atoms with E-state index in [1.807, 2.05) is 26.0 Å². The summed E-state index contributed by atoms with van der Waals surface area (Å²) in [5, 5.41) is 1.24. The standard InChI is InChI=1S/C16H12ClNO3/c1-9-5-16(19)21-14-6-11(3-4-12(9)14)20-13-7-15(17)18-8-10(13)2/h3-8H,1-2H3. The minimum absolute atomic E-state index is 0.360. The molecule has 0 aliphatic heterocycles. The molecule has 21 heavy (non-hydrogen) atoms. The Bertz CT molecular complexity index is 886. The molecule has 3 rings (SSSR count). The zero-order chi connectivity index (χ0) is 15.0. The Balaban J connectivity index is 2.05. The summed E-state index contributed by atoms with van der Waals surface area (Å²) >= 11 is 5.87. The molecule has 0 N–H and O–H groups in total. The van der Waals surface area contributed by atoms with Crippen molar-refractivity contribution >= 4 is 22.6 Å². The van der Waals surface area contributed by atoms with E-state index < -0.39 is 0 Å². The van der Waals surface area contributed by atoms with Gasteiger partial charge in [0.05, 0.1) is 0 Å². The van der Waals surface area contributed by atoms with E-state index in [1.165, 1.54) is 6.07 Å². The van der Waals surface area contributed by atoms with Crippen LogP contribution in [0.4, 0.5) is 0 Å². The molecule has 0 bridgehead atoms. The van der Waals surface area contributed by atoms with Crippen molar-refractivity contribution in [2.45, 2.75) is 13.8 Å². The number of hydrogen-bond acceptors (Lipinski definition) is 4. The number of rotatable bonds is 2. The molecule has 0 fully saturated rings. The molecular formula is C16H12ClNO3. The molecule has 1 aromatic carbocycles. The molecule has 0 aliphatic carbocycles. The van der Waals surface area contributed by atoms with E-state index in [2.05, 4.69) is 4.98 Å². The number of hydrogen-bond donors (Lipinski definition) is 0. The molecule has 0 saturated heterocycles. The van der Waals surface area contributed by atoms with Gasteiger partial charge in [-0.2, -0.15) is 0 Å². The summed E-state index contributed by atoms with van der Waals surface area (Å²) in [5.41, 5.74) is 1.86. The second-order valence-electron chi connectivity index (χ2n) is 4.78. The minimum atomic E-state index is -0.375. The molecule has 0 saturated carbocycles. The van der Waals surface area contributed by atoms with Crippen LogP contribution in [0.5, 0.6) is 11.5 Å². The number of fused-ring (bicyclic) bond motifs is 1. The Morgan fingerprint density at radius 3 is 2.76 bits per heavy atom. The molecule has 0 spiro atoms. The fourth-order valence-corrected chi connectivity index (χ4v) is 2.23. The first kappa shape index (κ1) is 13.6. The fourth-order valence-electron chi connectivity index (χ4n) is 2.09. The van der Waals surface area contributed by atoms with Crippen LogP contribution in [-0.4, -0.2) is 4.98 Å². The molecular weight excluding hydrogens is 290 g/mol. The van der Waals surface area contributed by atoms with Gasteiger partial charge in [0.2, 0.25) is 0 Å². The summed E-state index contributed by atoms with van der Waals surface area (Å²) < 4.78 is 11.0. The molecule has 0 unspecified atom stereocenters. The van der Waals surface area contributed by atoms with E-state index in [-0.39, 0.29) is 5.63 Å². The van der Waals surface area contributed by atoms with Crippen molar-refractivity contribution in [1.82, 2.24) is 4.98 Å². The molecule has 0 aliphatic rings. The number of benzene rings is 1. The number of ether oxygens (including phenoxy) is 1. The number of aromatic nitrogens is 1. The average Bonchev–Trinajstić information content (AvgIpc) is 2.42. The lowest BCUT2D eigenvalue weighted by molar-refractivity contribution is 0.476. The summed E-state index contributed by atoms with van der Waals surface area (Å²) in [6.45, 7) is 3.75. The van der Waals surface area contributed by atoms with Gasteiger partial charge < -0.3 is 9.15 Å². The van der Waals surface area contributed by atoms with E-state index in [9.17, 15) is 4.79 Å². The van der Waals surface area contributed by atoms with Crippen molar-refractivity contribution in [1.29, 1.82) is 0 Å². The number of aryl methyl sites for hydroxylation is 2. The lowest BCUT2D eigenvalue weighted by atomic mass is 10.1. The molecule has 3 aromatic rings. The highest BCUT2D eigenvalue weighted by Crippen LogP contribution is 2.29. The van der Waals surface area contributed by atoms with Crippen LogP contribution in [0.3, 0.4) is 0 Å². The number of halogens is 1. The monoisotopic (exact) mass is 301 g/mol. The van der Waals surface area contributed by atoms with Crippen LogP contribution in [0.2, 0.25) is 5.15 Å². The maximum Gasteiger partial charge on any atom is 0.336 e. The molecule has 0 radical (unpaired) electrons. The smallest absolute Gasteiger partial charge is 0.336 e. The van der Waals surface area contributed by atoms with E-state index in [0.29, 0.717) is 22.2 Å². The zero-order valence-corrected chi connectivity index (χ0v) is 12.3. The van der Waals surface area contributed by atoms with Gasteiger partial charge in [-0.25, -0.2) is 9.78 Å². The Morgan fingerprint density at radius 2 is 1.95 bits per heavy atom. The van der Waals surface area contributed by atoms with Gasteiger partial charge in [0.25, 0.3) is 0 Å². The highest BCUT2D eigenvalue weighted by molar-refractivity contribution is 6.29. The van der Waals surface area contributed by atoms with Gasteiger partial charge in [0.15, 0.2) is 0 Å². The highest BCUT2D eigenvalue weighted by atomic mass is 35.5. The van der Waals surface area contributed by atoms with Gasteiger partial charge in [0.1, 0.15) is 22.2 Å². The Hall–Kier alpha value is -2.33. The summed E-state index contributed by atoms with van der Waals surface area (Å²) in [7, 11) is 0. The Labute approximate surface area is 126 Å². The summed E-state index contributed by atoms with van der Waals surface area (Å²) in [6, 6.07) is 8.49. The van der Waals surface area contributed by atoms with Crippen LogP contribution in [-0.2, 0) is 0 Å².